The molecule has 1 aromatic carbocycles. The SMILES string of the molecule is CCCC1CCCn2c(c(C3CCCCC3)c3ccc(C(=O)O)cc32)C1CC. The van der Waals surface area contributed by atoms with Crippen molar-refractivity contribution in [1.82, 2.24) is 4.57 Å². The van der Waals surface area contributed by atoms with Crippen LogP contribution in [0.3, 0.4) is 0 Å². The molecule has 1 fully saturated rings. The summed E-state index contributed by atoms with van der Waals surface area (Å²) in [6.07, 6.45) is 12.9. The highest BCUT2D eigenvalue weighted by atomic mass is 16.4. The number of aromatic carboxylic acids is 1. The van der Waals surface area contributed by atoms with Gasteiger partial charge in [-0.2, -0.15) is 0 Å². The predicted octanol–water partition coefficient (Wildman–Crippen LogP) is 7.09. The number of hydrogen-bond acceptors (Lipinski definition) is 1. The average Bonchev–Trinajstić information content (AvgIpc) is 2.91. The van der Waals surface area contributed by atoms with Crippen LogP contribution in [0.5, 0.6) is 0 Å². The van der Waals surface area contributed by atoms with Gasteiger partial charge in [0.1, 0.15) is 0 Å². The van der Waals surface area contributed by atoms with Crippen LogP contribution in [-0.4, -0.2) is 15.6 Å². The maximum Gasteiger partial charge on any atom is 0.335 e. The van der Waals surface area contributed by atoms with E-state index in [9.17, 15) is 9.90 Å². The lowest BCUT2D eigenvalue weighted by Crippen LogP contribution is -2.16. The third kappa shape index (κ3) is 3.38. The van der Waals surface area contributed by atoms with Crippen molar-refractivity contribution < 1.29 is 9.90 Å². The van der Waals surface area contributed by atoms with Gasteiger partial charge < -0.3 is 9.67 Å². The van der Waals surface area contributed by atoms with Crippen LogP contribution < -0.4 is 0 Å². The quantitative estimate of drug-likeness (QED) is 0.600. The Labute approximate surface area is 169 Å². The number of nitrogens with zero attached hydrogens (tertiary/aromatic N) is 1. The molecule has 3 nitrogen and oxygen atoms in total. The fraction of sp³-hybridized carbons (Fsp3) is 0.640. The molecule has 152 valence electrons. The van der Waals surface area contributed by atoms with Crippen molar-refractivity contribution in [3.8, 4) is 0 Å². The van der Waals surface area contributed by atoms with Crippen LogP contribution in [0.25, 0.3) is 10.9 Å². The minimum atomic E-state index is -0.818. The molecule has 2 atom stereocenters. The number of carboxylic acids is 1. The van der Waals surface area contributed by atoms with Crippen molar-refractivity contribution in [3.05, 3.63) is 35.0 Å². The second-order valence-corrected chi connectivity index (χ2v) is 9.03. The Morgan fingerprint density at radius 1 is 1.11 bits per heavy atom. The second-order valence-electron chi connectivity index (χ2n) is 9.03. The molecule has 1 aromatic heterocycles. The summed E-state index contributed by atoms with van der Waals surface area (Å²) >= 11 is 0. The van der Waals surface area contributed by atoms with E-state index in [0.717, 1.165) is 12.5 Å². The molecule has 28 heavy (non-hydrogen) atoms. The van der Waals surface area contributed by atoms with Crippen LogP contribution in [0.2, 0.25) is 0 Å². The maximum absolute atomic E-state index is 11.6. The van der Waals surface area contributed by atoms with Gasteiger partial charge in [-0.15, -0.1) is 0 Å². The van der Waals surface area contributed by atoms with Crippen molar-refractivity contribution in [2.24, 2.45) is 5.92 Å². The fourth-order valence-corrected chi connectivity index (χ4v) is 6.17. The zero-order valence-corrected chi connectivity index (χ0v) is 17.5. The number of benzene rings is 1. The fourth-order valence-electron chi connectivity index (χ4n) is 6.17. The van der Waals surface area contributed by atoms with E-state index in [4.69, 9.17) is 0 Å². The number of rotatable bonds is 5. The van der Waals surface area contributed by atoms with Crippen LogP contribution in [0.4, 0.5) is 0 Å². The first-order valence-corrected chi connectivity index (χ1v) is 11.5. The summed E-state index contributed by atoms with van der Waals surface area (Å²) < 4.78 is 2.54. The van der Waals surface area contributed by atoms with Gasteiger partial charge >= 0.3 is 5.97 Å². The molecule has 1 aliphatic carbocycles. The smallest absolute Gasteiger partial charge is 0.335 e. The monoisotopic (exact) mass is 381 g/mol. The molecule has 0 spiro atoms. The zero-order chi connectivity index (χ0) is 19.7. The molecule has 2 aromatic rings. The Balaban J connectivity index is 1.95. The van der Waals surface area contributed by atoms with Gasteiger partial charge in [0.05, 0.1) is 5.56 Å². The first-order valence-electron chi connectivity index (χ1n) is 11.5. The van der Waals surface area contributed by atoms with Gasteiger partial charge in [-0.05, 0) is 61.6 Å². The minimum Gasteiger partial charge on any atom is -0.478 e. The summed E-state index contributed by atoms with van der Waals surface area (Å²) in [5.74, 6) is 1.21. The largest absolute Gasteiger partial charge is 0.478 e. The van der Waals surface area contributed by atoms with Crippen molar-refractivity contribution in [2.45, 2.75) is 96.4 Å². The lowest BCUT2D eigenvalue weighted by Gasteiger charge is -2.29. The van der Waals surface area contributed by atoms with Crippen molar-refractivity contribution in [1.29, 1.82) is 0 Å². The number of aromatic nitrogens is 1. The molecule has 3 heteroatoms. The van der Waals surface area contributed by atoms with Gasteiger partial charge in [-0.25, -0.2) is 4.79 Å². The van der Waals surface area contributed by atoms with E-state index in [1.54, 1.807) is 11.3 Å². The summed E-state index contributed by atoms with van der Waals surface area (Å²) in [4.78, 5) is 11.6. The zero-order valence-electron chi connectivity index (χ0n) is 17.5. The summed E-state index contributed by atoms with van der Waals surface area (Å²) in [7, 11) is 0. The Morgan fingerprint density at radius 3 is 2.57 bits per heavy atom. The van der Waals surface area contributed by atoms with E-state index in [2.05, 4.69) is 24.5 Å². The Bertz CT molecular complexity index is 844. The standard InChI is InChI=1S/C25H35NO2/c1-3-9-17-12-8-15-26-22-16-19(25(27)28)13-14-21(22)23(24(26)20(17)4-2)18-10-6-5-7-11-18/h13-14,16-18,20H,3-12,15H2,1-2H3,(H,27,28). The van der Waals surface area contributed by atoms with Gasteiger partial charge in [-0.1, -0.05) is 52.0 Å². The highest BCUT2D eigenvalue weighted by Crippen LogP contribution is 2.48. The van der Waals surface area contributed by atoms with Gasteiger partial charge in [-0.3, -0.25) is 0 Å². The molecule has 1 N–H and O–H groups in total. The molecule has 0 bridgehead atoms. The predicted molar refractivity (Wildman–Crippen MR) is 115 cm³/mol. The van der Waals surface area contributed by atoms with E-state index in [1.807, 2.05) is 12.1 Å². The average molecular weight is 382 g/mol. The summed E-state index contributed by atoms with van der Waals surface area (Å²) in [5.41, 5.74) is 4.75. The third-order valence-corrected chi connectivity index (χ3v) is 7.38. The molecule has 0 amide bonds. The summed E-state index contributed by atoms with van der Waals surface area (Å²) in [6.45, 7) is 5.71. The Hall–Kier alpha value is -1.77. The number of carboxylic acid groups (broad SMARTS) is 1. The topological polar surface area (TPSA) is 42.2 Å². The van der Waals surface area contributed by atoms with E-state index in [1.165, 1.54) is 75.1 Å². The minimum absolute atomic E-state index is 0.422. The molecule has 2 aliphatic rings. The molecule has 2 unspecified atom stereocenters. The van der Waals surface area contributed by atoms with Gasteiger partial charge in [0.25, 0.3) is 0 Å². The molecule has 1 saturated carbocycles. The van der Waals surface area contributed by atoms with Crippen LogP contribution in [0.1, 0.15) is 112 Å². The lowest BCUT2D eigenvalue weighted by molar-refractivity contribution is 0.0697. The normalized spacial score (nSPS) is 23.5. The van der Waals surface area contributed by atoms with E-state index in [-0.39, 0.29) is 0 Å². The number of fused-ring (bicyclic) bond motifs is 3. The van der Waals surface area contributed by atoms with Gasteiger partial charge in [0.2, 0.25) is 0 Å². The van der Waals surface area contributed by atoms with E-state index < -0.39 is 5.97 Å². The van der Waals surface area contributed by atoms with Crippen molar-refractivity contribution in [2.75, 3.05) is 0 Å². The first-order chi connectivity index (χ1) is 13.7. The molecule has 0 saturated heterocycles. The first kappa shape index (κ1) is 19.5. The lowest BCUT2D eigenvalue weighted by atomic mass is 9.76. The highest BCUT2D eigenvalue weighted by Gasteiger charge is 2.34. The van der Waals surface area contributed by atoms with Gasteiger partial charge in [0, 0.05) is 29.1 Å². The molecular formula is C25H35NO2. The highest BCUT2D eigenvalue weighted by molar-refractivity contribution is 5.95. The number of aryl methyl sites for hydroxylation is 1. The Morgan fingerprint density at radius 2 is 1.89 bits per heavy atom. The maximum atomic E-state index is 11.6. The number of carbonyl (C=O) groups is 1. The molecule has 4 rings (SSSR count). The van der Waals surface area contributed by atoms with Gasteiger partial charge in [0.15, 0.2) is 0 Å². The van der Waals surface area contributed by atoms with Crippen molar-refractivity contribution in [3.63, 3.8) is 0 Å². The van der Waals surface area contributed by atoms with Crippen molar-refractivity contribution >= 4 is 16.9 Å². The van der Waals surface area contributed by atoms with Crippen LogP contribution >= 0.6 is 0 Å². The molecule has 0 radical (unpaired) electrons. The molecular weight excluding hydrogens is 346 g/mol. The Kier molecular flexibility index (Phi) is 5.80. The number of hydrogen-bond donors (Lipinski definition) is 1. The van der Waals surface area contributed by atoms with Crippen LogP contribution in [0, 0.1) is 5.92 Å². The summed E-state index contributed by atoms with van der Waals surface area (Å²) in [5, 5.41) is 10.9. The second kappa shape index (κ2) is 8.31. The molecule has 2 heterocycles. The van der Waals surface area contributed by atoms with E-state index >= 15 is 0 Å². The third-order valence-electron chi connectivity index (χ3n) is 7.38. The van der Waals surface area contributed by atoms with Crippen LogP contribution in [-0.2, 0) is 6.54 Å². The molecule has 1 aliphatic heterocycles. The summed E-state index contributed by atoms with van der Waals surface area (Å²) in [6, 6.07) is 5.88. The van der Waals surface area contributed by atoms with E-state index in [0.29, 0.717) is 17.4 Å². The van der Waals surface area contributed by atoms with Crippen LogP contribution in [0.15, 0.2) is 18.2 Å².